The minimum atomic E-state index is -0.832. The number of nitrogens with one attached hydrogen (secondary N) is 2. The van der Waals surface area contributed by atoms with Crippen LogP contribution in [0.15, 0.2) is 42.5 Å². The van der Waals surface area contributed by atoms with Gasteiger partial charge in [0.05, 0.1) is 12.8 Å². The molecule has 1 unspecified atom stereocenters. The van der Waals surface area contributed by atoms with Gasteiger partial charge in [-0.3, -0.25) is 9.59 Å². The lowest BCUT2D eigenvalue weighted by atomic mass is 10.2. The number of ether oxygens (including phenoxy) is 2. The number of carbonyl (C=O) groups excluding carboxylic acids is 2. The highest BCUT2D eigenvalue weighted by Crippen LogP contribution is 2.27. The first-order chi connectivity index (χ1) is 12.4. The van der Waals surface area contributed by atoms with Crippen molar-refractivity contribution in [2.45, 2.75) is 20.0 Å². The van der Waals surface area contributed by atoms with Crippen molar-refractivity contribution in [1.82, 2.24) is 0 Å². The second-order valence-corrected chi connectivity index (χ2v) is 6.14. The normalized spacial score (nSPS) is 11.5. The summed E-state index contributed by atoms with van der Waals surface area (Å²) < 4.78 is 10.5. The van der Waals surface area contributed by atoms with E-state index in [2.05, 4.69) is 10.6 Å². The molecule has 2 aromatic carbocycles. The molecule has 0 spiro atoms. The highest BCUT2D eigenvalue weighted by atomic mass is 35.5. The van der Waals surface area contributed by atoms with Crippen LogP contribution >= 0.6 is 11.6 Å². The summed E-state index contributed by atoms with van der Waals surface area (Å²) in [5, 5.41) is 5.86. The minimum Gasteiger partial charge on any atom is -0.495 e. The van der Waals surface area contributed by atoms with Gasteiger partial charge in [0, 0.05) is 10.7 Å². The molecular formula is C19H21ClN2O4. The number of amides is 2. The van der Waals surface area contributed by atoms with E-state index in [0.717, 1.165) is 5.56 Å². The van der Waals surface area contributed by atoms with Crippen molar-refractivity contribution in [2.24, 2.45) is 0 Å². The predicted molar refractivity (Wildman–Crippen MR) is 102 cm³/mol. The standard InChI is InChI=1S/C19H21ClN2O4/c1-12-5-4-6-15(9-12)21-18(23)11-26-13(2)19(24)22-16-10-14(20)7-8-17(16)25-3/h4-10,13H,11H2,1-3H3,(H,21,23)(H,22,24). The van der Waals surface area contributed by atoms with Gasteiger partial charge in [0.15, 0.2) is 0 Å². The monoisotopic (exact) mass is 376 g/mol. The zero-order valence-electron chi connectivity index (χ0n) is 14.8. The van der Waals surface area contributed by atoms with E-state index >= 15 is 0 Å². The fourth-order valence-corrected chi connectivity index (χ4v) is 2.38. The molecule has 0 bridgehead atoms. The number of anilines is 2. The van der Waals surface area contributed by atoms with E-state index in [4.69, 9.17) is 21.1 Å². The quantitative estimate of drug-likeness (QED) is 0.773. The molecular weight excluding hydrogens is 356 g/mol. The molecule has 2 aromatic rings. The van der Waals surface area contributed by atoms with Crippen molar-refractivity contribution in [1.29, 1.82) is 0 Å². The van der Waals surface area contributed by atoms with E-state index in [1.807, 2.05) is 25.1 Å². The van der Waals surface area contributed by atoms with Gasteiger partial charge in [0.2, 0.25) is 5.91 Å². The maximum absolute atomic E-state index is 12.2. The number of benzene rings is 2. The summed E-state index contributed by atoms with van der Waals surface area (Å²) in [5.74, 6) is -0.267. The summed E-state index contributed by atoms with van der Waals surface area (Å²) in [5.41, 5.74) is 2.15. The van der Waals surface area contributed by atoms with Gasteiger partial charge in [0.1, 0.15) is 18.5 Å². The second-order valence-electron chi connectivity index (χ2n) is 5.70. The van der Waals surface area contributed by atoms with Crippen LogP contribution in [0.4, 0.5) is 11.4 Å². The van der Waals surface area contributed by atoms with E-state index in [1.165, 1.54) is 7.11 Å². The molecule has 0 aromatic heterocycles. The van der Waals surface area contributed by atoms with E-state index in [0.29, 0.717) is 22.1 Å². The van der Waals surface area contributed by atoms with E-state index in [9.17, 15) is 9.59 Å². The van der Waals surface area contributed by atoms with Gasteiger partial charge >= 0.3 is 0 Å². The van der Waals surface area contributed by atoms with Crippen LogP contribution in [0.2, 0.25) is 5.02 Å². The summed E-state index contributed by atoms with van der Waals surface area (Å²) in [7, 11) is 1.49. The topological polar surface area (TPSA) is 76.7 Å². The summed E-state index contributed by atoms with van der Waals surface area (Å²) >= 11 is 5.94. The van der Waals surface area contributed by atoms with Crippen molar-refractivity contribution < 1.29 is 19.1 Å². The molecule has 6 nitrogen and oxygen atoms in total. The number of carbonyl (C=O) groups is 2. The average molecular weight is 377 g/mol. The third-order valence-electron chi connectivity index (χ3n) is 3.55. The molecule has 0 saturated carbocycles. The largest absolute Gasteiger partial charge is 0.495 e. The summed E-state index contributed by atoms with van der Waals surface area (Å²) in [6, 6.07) is 12.3. The molecule has 2 amide bonds. The molecule has 0 aliphatic carbocycles. The molecule has 0 aliphatic heterocycles. The Bertz CT molecular complexity index is 795. The van der Waals surface area contributed by atoms with Gasteiger partial charge in [-0.15, -0.1) is 0 Å². The highest BCUT2D eigenvalue weighted by Gasteiger charge is 2.17. The zero-order chi connectivity index (χ0) is 19.1. The first kappa shape index (κ1) is 19.8. The molecule has 7 heteroatoms. The summed E-state index contributed by atoms with van der Waals surface area (Å²) in [4.78, 5) is 24.2. The van der Waals surface area contributed by atoms with Gasteiger partial charge < -0.3 is 20.1 Å². The number of methoxy groups -OCH3 is 1. The van der Waals surface area contributed by atoms with Crippen molar-refractivity contribution in [3.8, 4) is 5.75 Å². The molecule has 2 N–H and O–H groups in total. The number of hydrogen-bond donors (Lipinski definition) is 2. The lowest BCUT2D eigenvalue weighted by Crippen LogP contribution is -2.31. The molecule has 26 heavy (non-hydrogen) atoms. The molecule has 138 valence electrons. The van der Waals surface area contributed by atoms with Crippen molar-refractivity contribution in [3.05, 3.63) is 53.1 Å². The van der Waals surface area contributed by atoms with Gasteiger partial charge in [-0.25, -0.2) is 0 Å². The second kappa shape index (κ2) is 9.22. The van der Waals surface area contributed by atoms with Crippen molar-refractivity contribution in [3.63, 3.8) is 0 Å². The van der Waals surface area contributed by atoms with Crippen LogP contribution < -0.4 is 15.4 Å². The molecule has 2 rings (SSSR count). The first-order valence-electron chi connectivity index (χ1n) is 8.01. The lowest BCUT2D eigenvalue weighted by molar-refractivity contribution is -0.131. The van der Waals surface area contributed by atoms with Crippen LogP contribution in [0.1, 0.15) is 12.5 Å². The maximum Gasteiger partial charge on any atom is 0.253 e. The van der Waals surface area contributed by atoms with Crippen LogP contribution in [0.25, 0.3) is 0 Å². The molecule has 0 heterocycles. The summed E-state index contributed by atoms with van der Waals surface area (Å²) in [6.07, 6.45) is -0.832. The number of hydrogen-bond acceptors (Lipinski definition) is 4. The molecule has 0 fully saturated rings. The Hall–Kier alpha value is -2.57. The predicted octanol–water partition coefficient (Wildman–Crippen LogP) is 3.64. The van der Waals surface area contributed by atoms with Crippen LogP contribution in [0.5, 0.6) is 5.75 Å². The Morgan fingerprint density at radius 2 is 1.92 bits per heavy atom. The van der Waals surface area contributed by atoms with E-state index in [1.54, 1.807) is 31.2 Å². The van der Waals surface area contributed by atoms with Crippen LogP contribution in [-0.2, 0) is 14.3 Å². The average Bonchev–Trinajstić information content (AvgIpc) is 2.60. The molecule has 1 atom stereocenters. The smallest absolute Gasteiger partial charge is 0.253 e. The maximum atomic E-state index is 12.2. The van der Waals surface area contributed by atoms with Gasteiger partial charge in [-0.1, -0.05) is 23.7 Å². The van der Waals surface area contributed by atoms with Crippen molar-refractivity contribution >= 4 is 34.8 Å². The molecule has 0 radical (unpaired) electrons. The van der Waals surface area contributed by atoms with Crippen LogP contribution in [0, 0.1) is 6.92 Å². The Balaban J connectivity index is 1.87. The Morgan fingerprint density at radius 3 is 2.62 bits per heavy atom. The SMILES string of the molecule is COc1ccc(Cl)cc1NC(=O)C(C)OCC(=O)Nc1cccc(C)c1. The third kappa shape index (κ3) is 5.75. The number of rotatable bonds is 7. The minimum absolute atomic E-state index is 0.241. The molecule has 0 aliphatic rings. The van der Waals surface area contributed by atoms with Crippen LogP contribution in [-0.4, -0.2) is 31.6 Å². The van der Waals surface area contributed by atoms with Crippen LogP contribution in [0.3, 0.4) is 0 Å². The Labute approximate surface area is 157 Å². The first-order valence-corrected chi connectivity index (χ1v) is 8.39. The van der Waals surface area contributed by atoms with Gasteiger partial charge in [-0.2, -0.15) is 0 Å². The van der Waals surface area contributed by atoms with E-state index in [-0.39, 0.29) is 12.5 Å². The molecule has 0 saturated heterocycles. The van der Waals surface area contributed by atoms with Crippen molar-refractivity contribution in [2.75, 3.05) is 24.4 Å². The third-order valence-corrected chi connectivity index (χ3v) is 3.79. The zero-order valence-corrected chi connectivity index (χ0v) is 15.6. The summed E-state index contributed by atoms with van der Waals surface area (Å²) in [6.45, 7) is 3.25. The number of halogens is 1. The van der Waals surface area contributed by atoms with Gasteiger partial charge in [-0.05, 0) is 49.7 Å². The Kier molecular flexibility index (Phi) is 7.00. The number of aryl methyl sites for hydroxylation is 1. The fourth-order valence-electron chi connectivity index (χ4n) is 2.21. The van der Waals surface area contributed by atoms with E-state index < -0.39 is 12.0 Å². The Morgan fingerprint density at radius 1 is 1.15 bits per heavy atom. The van der Waals surface area contributed by atoms with Gasteiger partial charge in [0.25, 0.3) is 5.91 Å². The lowest BCUT2D eigenvalue weighted by Gasteiger charge is -2.15. The highest BCUT2D eigenvalue weighted by molar-refractivity contribution is 6.31. The fraction of sp³-hybridized carbons (Fsp3) is 0.263.